The van der Waals surface area contributed by atoms with Crippen LogP contribution in [0.3, 0.4) is 0 Å². The number of carbonyl (C=O) groups is 1. The molecule has 0 aromatic heterocycles. The van der Waals surface area contributed by atoms with E-state index < -0.39 is 0 Å². The molecule has 0 aliphatic heterocycles. The van der Waals surface area contributed by atoms with Gasteiger partial charge in [0, 0.05) is 4.90 Å². The molecule has 1 N–H and O–H groups in total. The van der Waals surface area contributed by atoms with Gasteiger partial charge in [0.1, 0.15) is 0 Å². The van der Waals surface area contributed by atoms with Crippen molar-refractivity contribution in [3.05, 3.63) is 63.7 Å². The maximum absolute atomic E-state index is 12.9. The molecule has 138 valence electrons. The van der Waals surface area contributed by atoms with E-state index in [1.54, 1.807) is 11.8 Å². The van der Waals surface area contributed by atoms with E-state index in [1.807, 2.05) is 6.92 Å². The van der Waals surface area contributed by atoms with Gasteiger partial charge in [-0.15, -0.1) is 11.8 Å². The minimum Gasteiger partial charge on any atom is -0.348 e. The summed E-state index contributed by atoms with van der Waals surface area (Å²) in [5.74, 6) is 0.134. The fourth-order valence-electron chi connectivity index (χ4n) is 3.78. The Balaban J connectivity index is 1.74. The number of nitrogens with one attached hydrogen (secondary N) is 1. The molecule has 1 aliphatic rings. The summed E-state index contributed by atoms with van der Waals surface area (Å²) in [6, 6.07) is 10.9. The highest BCUT2D eigenvalue weighted by molar-refractivity contribution is 8.00. The average Bonchev–Trinajstić information content (AvgIpc) is 2.63. The summed E-state index contributed by atoms with van der Waals surface area (Å²) in [7, 11) is 0. The van der Waals surface area contributed by atoms with Gasteiger partial charge >= 0.3 is 0 Å². The van der Waals surface area contributed by atoms with Crippen LogP contribution in [0.5, 0.6) is 0 Å². The molecular weight excluding hydrogens is 338 g/mol. The maximum Gasteiger partial charge on any atom is 0.233 e. The lowest BCUT2D eigenvalue weighted by Crippen LogP contribution is -2.36. The van der Waals surface area contributed by atoms with Crippen molar-refractivity contribution in [3.63, 3.8) is 0 Å². The summed E-state index contributed by atoms with van der Waals surface area (Å²) in [6.45, 7) is 10.6. The molecule has 0 saturated heterocycles. The molecule has 2 nitrogen and oxygen atoms in total. The molecule has 0 bridgehead atoms. The molecule has 2 aromatic carbocycles. The average molecular weight is 368 g/mol. The van der Waals surface area contributed by atoms with Crippen LogP contribution < -0.4 is 5.32 Å². The number of carbonyl (C=O) groups excluding carboxylic acids is 1. The molecule has 1 amide bonds. The first-order valence-corrected chi connectivity index (χ1v) is 10.4. The number of fused-ring (bicyclic) bond motifs is 1. The third kappa shape index (κ3) is 3.83. The molecule has 0 unspecified atom stereocenters. The highest BCUT2D eigenvalue weighted by Gasteiger charge is 2.25. The summed E-state index contributed by atoms with van der Waals surface area (Å²) in [5.41, 5.74) is 7.85. The zero-order valence-corrected chi connectivity index (χ0v) is 17.3. The lowest BCUT2D eigenvalue weighted by atomic mass is 9.88. The molecule has 0 saturated carbocycles. The Kier molecular flexibility index (Phi) is 5.76. The quantitative estimate of drug-likeness (QED) is 0.713. The van der Waals surface area contributed by atoms with E-state index in [-0.39, 0.29) is 17.2 Å². The molecule has 0 heterocycles. The number of hydrogen-bond donors (Lipinski definition) is 1. The highest BCUT2D eigenvalue weighted by Crippen LogP contribution is 2.35. The van der Waals surface area contributed by atoms with Crippen LogP contribution in [-0.4, -0.2) is 11.2 Å². The molecule has 3 rings (SSSR count). The van der Waals surface area contributed by atoms with Gasteiger partial charge in [-0.05, 0) is 87.3 Å². The van der Waals surface area contributed by atoms with Crippen molar-refractivity contribution in [1.82, 2.24) is 5.32 Å². The van der Waals surface area contributed by atoms with Crippen molar-refractivity contribution in [3.8, 4) is 0 Å². The topological polar surface area (TPSA) is 29.1 Å². The molecule has 2 aromatic rings. The monoisotopic (exact) mass is 367 g/mol. The Morgan fingerprint density at radius 1 is 1.12 bits per heavy atom. The number of aryl methyl sites for hydroxylation is 3. The first kappa shape index (κ1) is 19.0. The standard InChI is InChI=1S/C23H29NOS/c1-14-13-15(2)17(4)22(16(14)3)26-18(5)23(25)24-21-12-8-10-19-9-6-7-11-20(19)21/h6-7,9,11,13,18,21H,8,10,12H2,1-5H3,(H,24,25)/t18-,21+/m1/s1. The molecule has 3 heteroatoms. The van der Waals surface area contributed by atoms with Crippen molar-refractivity contribution < 1.29 is 4.79 Å². The van der Waals surface area contributed by atoms with E-state index in [0.29, 0.717) is 0 Å². The second-order valence-corrected chi connectivity index (χ2v) is 8.85. The third-order valence-corrected chi connectivity index (χ3v) is 7.06. The zero-order chi connectivity index (χ0) is 18.8. The number of rotatable bonds is 4. The van der Waals surface area contributed by atoms with Crippen LogP contribution in [0.4, 0.5) is 0 Å². The number of amides is 1. The lowest BCUT2D eigenvalue weighted by molar-refractivity contribution is -0.121. The summed E-state index contributed by atoms with van der Waals surface area (Å²) in [6.07, 6.45) is 3.29. The van der Waals surface area contributed by atoms with Crippen molar-refractivity contribution >= 4 is 17.7 Å². The molecule has 26 heavy (non-hydrogen) atoms. The molecule has 1 aliphatic carbocycles. The maximum atomic E-state index is 12.9. The molecule has 0 radical (unpaired) electrons. The van der Waals surface area contributed by atoms with Crippen molar-refractivity contribution in [2.24, 2.45) is 0 Å². The van der Waals surface area contributed by atoms with Gasteiger partial charge < -0.3 is 5.32 Å². The van der Waals surface area contributed by atoms with Gasteiger partial charge in [-0.3, -0.25) is 4.79 Å². The molecular formula is C23H29NOS. The molecule has 0 spiro atoms. The van der Waals surface area contributed by atoms with Crippen molar-refractivity contribution in [2.75, 3.05) is 0 Å². The van der Waals surface area contributed by atoms with E-state index in [9.17, 15) is 4.79 Å². The predicted octanol–water partition coefficient (Wildman–Crippen LogP) is 5.59. The van der Waals surface area contributed by atoms with Crippen molar-refractivity contribution in [1.29, 1.82) is 0 Å². The second-order valence-electron chi connectivity index (χ2n) is 7.50. The van der Waals surface area contributed by atoms with Gasteiger partial charge in [0.2, 0.25) is 5.91 Å². The van der Waals surface area contributed by atoms with E-state index in [1.165, 1.54) is 38.3 Å². The Hall–Kier alpha value is -1.74. The van der Waals surface area contributed by atoms with Crippen LogP contribution in [0.2, 0.25) is 0 Å². The summed E-state index contributed by atoms with van der Waals surface area (Å²) in [5, 5.41) is 3.19. The largest absolute Gasteiger partial charge is 0.348 e. The van der Waals surface area contributed by atoms with Gasteiger partial charge in [-0.1, -0.05) is 30.3 Å². The van der Waals surface area contributed by atoms with Gasteiger partial charge in [0.25, 0.3) is 0 Å². The van der Waals surface area contributed by atoms with Crippen LogP contribution in [-0.2, 0) is 11.2 Å². The fraction of sp³-hybridized carbons (Fsp3) is 0.435. The van der Waals surface area contributed by atoms with Gasteiger partial charge in [-0.2, -0.15) is 0 Å². The van der Waals surface area contributed by atoms with Crippen LogP contribution in [0.15, 0.2) is 35.2 Å². The minimum atomic E-state index is -0.109. The Morgan fingerprint density at radius 2 is 1.77 bits per heavy atom. The van der Waals surface area contributed by atoms with E-state index in [4.69, 9.17) is 0 Å². The van der Waals surface area contributed by atoms with E-state index in [0.717, 1.165) is 19.3 Å². The summed E-state index contributed by atoms with van der Waals surface area (Å²) in [4.78, 5) is 14.1. The minimum absolute atomic E-state index is 0.109. The zero-order valence-electron chi connectivity index (χ0n) is 16.5. The summed E-state index contributed by atoms with van der Waals surface area (Å²) >= 11 is 1.69. The van der Waals surface area contributed by atoms with Crippen molar-refractivity contribution in [2.45, 2.75) is 70.1 Å². The number of thioether (sulfide) groups is 1. The van der Waals surface area contributed by atoms with Crippen LogP contribution in [0, 0.1) is 27.7 Å². The van der Waals surface area contributed by atoms with Gasteiger partial charge in [0.05, 0.1) is 11.3 Å². The Labute approximate surface area is 161 Å². The molecule has 2 atom stereocenters. The highest BCUT2D eigenvalue weighted by atomic mass is 32.2. The third-order valence-electron chi connectivity index (χ3n) is 5.65. The number of benzene rings is 2. The Bertz CT molecular complexity index is 801. The Morgan fingerprint density at radius 3 is 2.46 bits per heavy atom. The van der Waals surface area contributed by atoms with Crippen LogP contribution in [0.1, 0.15) is 59.2 Å². The number of hydrogen-bond acceptors (Lipinski definition) is 2. The van der Waals surface area contributed by atoms with Gasteiger partial charge in [-0.25, -0.2) is 0 Å². The SMILES string of the molecule is Cc1cc(C)c(C)c(S[C@H](C)C(=O)N[C@H]2CCCc3ccccc32)c1C. The second kappa shape index (κ2) is 7.87. The van der Waals surface area contributed by atoms with E-state index >= 15 is 0 Å². The van der Waals surface area contributed by atoms with Crippen LogP contribution in [0.25, 0.3) is 0 Å². The fourth-order valence-corrected chi connectivity index (χ4v) is 4.98. The smallest absolute Gasteiger partial charge is 0.233 e. The van der Waals surface area contributed by atoms with E-state index in [2.05, 4.69) is 63.3 Å². The molecule has 0 fully saturated rings. The predicted molar refractivity (Wildman–Crippen MR) is 111 cm³/mol. The van der Waals surface area contributed by atoms with Gasteiger partial charge in [0.15, 0.2) is 0 Å². The van der Waals surface area contributed by atoms with Crippen LogP contribution >= 0.6 is 11.8 Å². The summed E-state index contributed by atoms with van der Waals surface area (Å²) < 4.78 is 0. The first-order valence-electron chi connectivity index (χ1n) is 9.50. The lowest BCUT2D eigenvalue weighted by Gasteiger charge is -2.27. The first-order chi connectivity index (χ1) is 12.4. The normalized spacial score (nSPS) is 17.5.